The number of carboxylic acids is 1. The van der Waals surface area contributed by atoms with Gasteiger partial charge in [-0.05, 0) is 20.3 Å². The second-order valence-electron chi connectivity index (χ2n) is 4.88. The summed E-state index contributed by atoms with van der Waals surface area (Å²) < 4.78 is 33.3. The SMILES string of the molecule is CCC[C@H](NS(=O)(=O)N1CC(C)OC(C)C1)C(=O)O. The number of morpholine rings is 1. The second kappa shape index (κ2) is 6.65. The van der Waals surface area contributed by atoms with Crippen molar-refractivity contribution in [3.63, 3.8) is 0 Å². The summed E-state index contributed by atoms with van der Waals surface area (Å²) in [4.78, 5) is 11.0. The van der Waals surface area contributed by atoms with E-state index in [0.717, 1.165) is 0 Å². The molecule has 0 saturated carbocycles. The number of ether oxygens (including phenoxy) is 1. The van der Waals surface area contributed by atoms with E-state index >= 15 is 0 Å². The fourth-order valence-electron chi connectivity index (χ4n) is 2.10. The molecule has 0 amide bonds. The van der Waals surface area contributed by atoms with Crippen molar-refractivity contribution in [2.24, 2.45) is 0 Å². The topological polar surface area (TPSA) is 95.9 Å². The number of hydrogen-bond acceptors (Lipinski definition) is 4. The summed E-state index contributed by atoms with van der Waals surface area (Å²) >= 11 is 0. The van der Waals surface area contributed by atoms with Crippen molar-refractivity contribution in [2.45, 2.75) is 51.9 Å². The van der Waals surface area contributed by atoms with E-state index in [1.54, 1.807) is 13.8 Å². The highest BCUT2D eigenvalue weighted by Crippen LogP contribution is 2.14. The maximum absolute atomic E-state index is 12.2. The Kier molecular flexibility index (Phi) is 5.72. The first kappa shape index (κ1) is 16.4. The van der Waals surface area contributed by atoms with Crippen molar-refractivity contribution < 1.29 is 23.1 Å². The summed E-state index contributed by atoms with van der Waals surface area (Å²) in [5, 5.41) is 9.00. The van der Waals surface area contributed by atoms with Gasteiger partial charge < -0.3 is 9.84 Å². The molecule has 7 nitrogen and oxygen atoms in total. The van der Waals surface area contributed by atoms with Crippen LogP contribution in [0.25, 0.3) is 0 Å². The van der Waals surface area contributed by atoms with E-state index < -0.39 is 22.2 Å². The Balaban J connectivity index is 2.76. The van der Waals surface area contributed by atoms with Crippen LogP contribution in [-0.4, -0.2) is 55.1 Å². The van der Waals surface area contributed by atoms with E-state index in [0.29, 0.717) is 6.42 Å². The molecule has 0 aromatic carbocycles. The summed E-state index contributed by atoms with van der Waals surface area (Å²) in [5.41, 5.74) is 0. The van der Waals surface area contributed by atoms with Gasteiger partial charge in [-0.1, -0.05) is 13.3 Å². The Labute approximate surface area is 114 Å². The van der Waals surface area contributed by atoms with Crippen LogP contribution in [0.3, 0.4) is 0 Å². The minimum Gasteiger partial charge on any atom is -0.480 e. The molecule has 112 valence electrons. The predicted octanol–water partition coefficient (Wildman–Crippen LogP) is 0.183. The Bertz CT molecular complexity index is 401. The average Bonchev–Trinajstić information content (AvgIpc) is 2.26. The van der Waals surface area contributed by atoms with Gasteiger partial charge >= 0.3 is 5.97 Å². The van der Waals surface area contributed by atoms with Crippen LogP contribution in [-0.2, 0) is 19.7 Å². The Hall–Kier alpha value is -0.700. The second-order valence-corrected chi connectivity index (χ2v) is 6.58. The number of carboxylic acid groups (broad SMARTS) is 1. The quantitative estimate of drug-likeness (QED) is 0.728. The normalized spacial score (nSPS) is 27.1. The molecule has 1 fully saturated rings. The van der Waals surface area contributed by atoms with Crippen LogP contribution in [0.5, 0.6) is 0 Å². The molecule has 1 rings (SSSR count). The number of rotatable bonds is 6. The molecule has 19 heavy (non-hydrogen) atoms. The highest BCUT2D eigenvalue weighted by Gasteiger charge is 2.33. The van der Waals surface area contributed by atoms with Crippen molar-refractivity contribution in [1.82, 2.24) is 9.03 Å². The molecule has 0 bridgehead atoms. The minimum atomic E-state index is -3.79. The van der Waals surface area contributed by atoms with Crippen molar-refractivity contribution in [1.29, 1.82) is 0 Å². The van der Waals surface area contributed by atoms with E-state index in [-0.39, 0.29) is 31.7 Å². The molecule has 1 heterocycles. The third kappa shape index (κ3) is 4.72. The van der Waals surface area contributed by atoms with Gasteiger partial charge in [-0.15, -0.1) is 0 Å². The van der Waals surface area contributed by atoms with Crippen LogP contribution in [0.2, 0.25) is 0 Å². The summed E-state index contributed by atoms with van der Waals surface area (Å²) in [6.07, 6.45) is 0.462. The molecule has 1 saturated heterocycles. The predicted molar refractivity (Wildman–Crippen MR) is 70.0 cm³/mol. The summed E-state index contributed by atoms with van der Waals surface area (Å²) in [5.74, 6) is -1.15. The molecule has 0 spiro atoms. The monoisotopic (exact) mass is 294 g/mol. The van der Waals surface area contributed by atoms with Gasteiger partial charge in [0, 0.05) is 13.1 Å². The molecule has 1 aliphatic heterocycles. The van der Waals surface area contributed by atoms with Crippen molar-refractivity contribution in [3.05, 3.63) is 0 Å². The van der Waals surface area contributed by atoms with E-state index in [2.05, 4.69) is 4.72 Å². The largest absolute Gasteiger partial charge is 0.480 e. The van der Waals surface area contributed by atoms with E-state index in [9.17, 15) is 13.2 Å². The zero-order chi connectivity index (χ0) is 14.6. The van der Waals surface area contributed by atoms with Crippen LogP contribution in [0.15, 0.2) is 0 Å². The van der Waals surface area contributed by atoms with Crippen molar-refractivity contribution in [2.75, 3.05) is 13.1 Å². The first-order chi connectivity index (χ1) is 8.76. The van der Waals surface area contributed by atoms with Crippen molar-refractivity contribution in [3.8, 4) is 0 Å². The van der Waals surface area contributed by atoms with Gasteiger partial charge in [0.15, 0.2) is 0 Å². The van der Waals surface area contributed by atoms with Gasteiger partial charge in [0.1, 0.15) is 6.04 Å². The molecule has 0 aromatic heterocycles. The maximum atomic E-state index is 12.2. The molecule has 0 radical (unpaired) electrons. The van der Waals surface area contributed by atoms with E-state index in [4.69, 9.17) is 9.84 Å². The zero-order valence-electron chi connectivity index (χ0n) is 11.5. The first-order valence-corrected chi connectivity index (χ1v) is 7.86. The van der Waals surface area contributed by atoms with Gasteiger partial charge in [-0.2, -0.15) is 17.4 Å². The minimum absolute atomic E-state index is 0.199. The van der Waals surface area contributed by atoms with Gasteiger partial charge in [-0.3, -0.25) is 4.79 Å². The maximum Gasteiger partial charge on any atom is 0.321 e. The van der Waals surface area contributed by atoms with Crippen LogP contribution in [0.1, 0.15) is 33.6 Å². The number of hydrogen-bond donors (Lipinski definition) is 2. The van der Waals surface area contributed by atoms with Crippen LogP contribution < -0.4 is 4.72 Å². The lowest BCUT2D eigenvalue weighted by Crippen LogP contribution is -2.54. The zero-order valence-corrected chi connectivity index (χ0v) is 12.3. The van der Waals surface area contributed by atoms with Crippen molar-refractivity contribution >= 4 is 16.2 Å². The molecular weight excluding hydrogens is 272 g/mol. The number of nitrogens with one attached hydrogen (secondary N) is 1. The van der Waals surface area contributed by atoms with Gasteiger partial charge in [0.05, 0.1) is 12.2 Å². The third-order valence-electron chi connectivity index (χ3n) is 2.89. The molecule has 2 N–H and O–H groups in total. The van der Waals surface area contributed by atoms with Crippen LogP contribution >= 0.6 is 0 Å². The van der Waals surface area contributed by atoms with Gasteiger partial charge in [0.25, 0.3) is 10.2 Å². The molecule has 8 heteroatoms. The number of carbonyl (C=O) groups is 1. The van der Waals surface area contributed by atoms with E-state index in [1.807, 2.05) is 6.92 Å². The Morgan fingerprint density at radius 1 is 1.42 bits per heavy atom. The molecule has 3 atom stereocenters. The standard InChI is InChI=1S/C11H22N2O5S/c1-4-5-10(11(14)15)12-19(16,17)13-6-8(2)18-9(3)7-13/h8-10,12H,4-7H2,1-3H3,(H,14,15)/t8?,9?,10-/m0/s1. The summed E-state index contributed by atoms with van der Waals surface area (Å²) in [6, 6.07) is -1.08. The lowest BCUT2D eigenvalue weighted by Gasteiger charge is -2.34. The molecule has 2 unspecified atom stereocenters. The lowest BCUT2D eigenvalue weighted by atomic mass is 10.2. The van der Waals surface area contributed by atoms with Gasteiger partial charge in [0.2, 0.25) is 0 Å². The Morgan fingerprint density at radius 3 is 2.37 bits per heavy atom. The smallest absolute Gasteiger partial charge is 0.321 e. The lowest BCUT2D eigenvalue weighted by molar-refractivity contribution is -0.139. The summed E-state index contributed by atoms with van der Waals surface area (Å²) in [7, 11) is -3.79. The highest BCUT2D eigenvalue weighted by molar-refractivity contribution is 7.87. The van der Waals surface area contributed by atoms with Crippen LogP contribution in [0.4, 0.5) is 0 Å². The number of nitrogens with zero attached hydrogens (tertiary/aromatic N) is 1. The molecule has 1 aliphatic rings. The summed E-state index contributed by atoms with van der Waals surface area (Å²) in [6.45, 7) is 5.86. The fourth-order valence-corrected chi connectivity index (χ4v) is 3.64. The highest BCUT2D eigenvalue weighted by atomic mass is 32.2. The molecule has 0 aromatic rings. The number of aliphatic carboxylic acids is 1. The molecular formula is C11H22N2O5S. The Morgan fingerprint density at radius 2 is 1.95 bits per heavy atom. The van der Waals surface area contributed by atoms with Crippen LogP contribution in [0, 0.1) is 0 Å². The fraction of sp³-hybridized carbons (Fsp3) is 0.909. The third-order valence-corrected chi connectivity index (χ3v) is 4.45. The molecule has 0 aliphatic carbocycles. The average molecular weight is 294 g/mol. The first-order valence-electron chi connectivity index (χ1n) is 6.42. The van der Waals surface area contributed by atoms with Gasteiger partial charge in [-0.25, -0.2) is 0 Å². The van der Waals surface area contributed by atoms with E-state index in [1.165, 1.54) is 4.31 Å².